The number of rotatable bonds is 6. The van der Waals surface area contributed by atoms with Crippen LogP contribution in [-0.4, -0.2) is 22.6 Å². The quantitative estimate of drug-likeness (QED) is 0.295. The molecule has 1 aromatic heterocycles. The summed E-state index contributed by atoms with van der Waals surface area (Å²) in [6, 6.07) is 22.5. The molecule has 0 atom stereocenters. The van der Waals surface area contributed by atoms with Gasteiger partial charge >= 0.3 is 0 Å². The highest BCUT2D eigenvalue weighted by molar-refractivity contribution is 6.30. The number of benzene rings is 3. The van der Waals surface area contributed by atoms with Crippen LogP contribution in [0.1, 0.15) is 11.1 Å². The number of fused-ring (bicyclic) bond motifs is 1. The summed E-state index contributed by atoms with van der Waals surface area (Å²) in [5.74, 6) is 1.09. The Morgan fingerprint density at radius 2 is 1.00 bits per heavy atom. The number of nitrogens with one attached hydrogen (secondary N) is 2. The van der Waals surface area contributed by atoms with E-state index in [1.165, 1.54) is 0 Å². The molecule has 0 aliphatic carbocycles. The van der Waals surface area contributed by atoms with Gasteiger partial charge in [-0.25, -0.2) is 0 Å². The van der Waals surface area contributed by atoms with Crippen molar-refractivity contribution < 1.29 is 0 Å². The maximum Gasteiger partial charge on any atom is 0.176 e. The standard InChI is InChI=1S/C22H16Cl2N6/c23-17-9-5-15(6-10-17)13-25-27-21-19-3-1-2-4-20(19)22(30-29-21)28-26-14-16-7-11-18(24)12-8-16/h1-14H,(H,27,29)(H,28,30)/b25-13-,26-14+. The van der Waals surface area contributed by atoms with Crippen LogP contribution in [-0.2, 0) is 0 Å². The lowest BCUT2D eigenvalue weighted by Crippen LogP contribution is -2.01. The van der Waals surface area contributed by atoms with Crippen molar-refractivity contribution in [2.45, 2.75) is 0 Å². The van der Waals surface area contributed by atoms with E-state index in [0.717, 1.165) is 21.9 Å². The molecule has 0 radical (unpaired) electrons. The molecular weight excluding hydrogens is 419 g/mol. The van der Waals surface area contributed by atoms with Crippen molar-refractivity contribution in [1.82, 2.24) is 10.2 Å². The Morgan fingerprint density at radius 1 is 0.600 bits per heavy atom. The molecule has 0 saturated heterocycles. The predicted molar refractivity (Wildman–Crippen MR) is 125 cm³/mol. The third-order valence-electron chi connectivity index (χ3n) is 4.20. The summed E-state index contributed by atoms with van der Waals surface area (Å²) < 4.78 is 0. The molecule has 8 heteroatoms. The highest BCUT2D eigenvalue weighted by Gasteiger charge is 2.07. The molecule has 0 aliphatic heterocycles. The molecule has 4 rings (SSSR count). The maximum absolute atomic E-state index is 5.90. The molecule has 0 spiro atoms. The molecule has 2 N–H and O–H groups in total. The molecule has 0 amide bonds. The maximum atomic E-state index is 5.90. The molecule has 0 bridgehead atoms. The van der Waals surface area contributed by atoms with Gasteiger partial charge < -0.3 is 0 Å². The largest absolute Gasteiger partial charge is 0.259 e. The van der Waals surface area contributed by atoms with Gasteiger partial charge in [0.05, 0.1) is 12.4 Å². The number of halogens is 2. The number of anilines is 2. The SMILES string of the molecule is Clc1ccc(/C=N\Nc2nnc(N/N=C/c3ccc(Cl)cc3)c3ccccc23)cc1. The van der Waals surface area contributed by atoms with E-state index in [9.17, 15) is 0 Å². The second-order valence-corrected chi connectivity index (χ2v) is 7.16. The van der Waals surface area contributed by atoms with Crippen LogP contribution < -0.4 is 10.9 Å². The van der Waals surface area contributed by atoms with Gasteiger partial charge in [0.1, 0.15) is 0 Å². The summed E-state index contributed by atoms with van der Waals surface area (Å²) in [4.78, 5) is 0. The number of hydrogen-bond acceptors (Lipinski definition) is 6. The average molecular weight is 435 g/mol. The zero-order valence-electron chi connectivity index (χ0n) is 15.6. The predicted octanol–water partition coefficient (Wildman–Crippen LogP) is 5.83. The molecular formula is C22H16Cl2N6. The number of aromatic nitrogens is 2. The summed E-state index contributed by atoms with van der Waals surface area (Å²) in [6.07, 6.45) is 3.38. The number of nitrogens with zero attached hydrogens (tertiary/aromatic N) is 4. The van der Waals surface area contributed by atoms with E-state index in [-0.39, 0.29) is 0 Å². The molecule has 0 fully saturated rings. The fourth-order valence-electron chi connectivity index (χ4n) is 2.70. The van der Waals surface area contributed by atoms with E-state index in [4.69, 9.17) is 23.2 Å². The fourth-order valence-corrected chi connectivity index (χ4v) is 2.95. The zero-order chi connectivity index (χ0) is 20.8. The zero-order valence-corrected chi connectivity index (χ0v) is 17.1. The van der Waals surface area contributed by atoms with Gasteiger partial charge in [-0.3, -0.25) is 10.9 Å². The van der Waals surface area contributed by atoms with E-state index in [1.807, 2.05) is 72.8 Å². The van der Waals surface area contributed by atoms with Crippen molar-refractivity contribution in [3.8, 4) is 0 Å². The van der Waals surface area contributed by atoms with Gasteiger partial charge in [0.2, 0.25) is 0 Å². The smallest absolute Gasteiger partial charge is 0.176 e. The van der Waals surface area contributed by atoms with Gasteiger partial charge in [0, 0.05) is 20.8 Å². The Labute approximate surface area is 183 Å². The summed E-state index contributed by atoms with van der Waals surface area (Å²) in [6.45, 7) is 0. The molecule has 1 heterocycles. The summed E-state index contributed by atoms with van der Waals surface area (Å²) in [7, 11) is 0. The van der Waals surface area contributed by atoms with Gasteiger partial charge in [-0.05, 0) is 35.4 Å². The second-order valence-electron chi connectivity index (χ2n) is 6.29. The normalized spacial score (nSPS) is 11.4. The third kappa shape index (κ3) is 4.92. The lowest BCUT2D eigenvalue weighted by atomic mass is 10.2. The highest BCUT2D eigenvalue weighted by Crippen LogP contribution is 2.26. The first kappa shape index (κ1) is 19.8. The topological polar surface area (TPSA) is 74.6 Å². The van der Waals surface area contributed by atoms with Crippen LogP contribution in [0.2, 0.25) is 10.0 Å². The third-order valence-corrected chi connectivity index (χ3v) is 4.70. The summed E-state index contributed by atoms with van der Waals surface area (Å²) in [5, 5.41) is 20.1. The molecule has 0 unspecified atom stereocenters. The first-order valence-corrected chi connectivity index (χ1v) is 9.79. The second kappa shape index (κ2) is 9.35. The Kier molecular flexibility index (Phi) is 6.17. The van der Waals surface area contributed by atoms with Crippen LogP contribution >= 0.6 is 23.2 Å². The van der Waals surface area contributed by atoms with Crippen LogP contribution in [0.5, 0.6) is 0 Å². The average Bonchev–Trinajstić information content (AvgIpc) is 2.77. The van der Waals surface area contributed by atoms with Gasteiger partial charge in [0.25, 0.3) is 0 Å². The summed E-state index contributed by atoms with van der Waals surface area (Å²) >= 11 is 11.8. The highest BCUT2D eigenvalue weighted by atomic mass is 35.5. The molecule has 0 saturated carbocycles. The fraction of sp³-hybridized carbons (Fsp3) is 0. The Bertz CT molecular complexity index is 1110. The Morgan fingerprint density at radius 3 is 1.40 bits per heavy atom. The van der Waals surface area contributed by atoms with Crippen LogP contribution in [0.15, 0.2) is 83.0 Å². The van der Waals surface area contributed by atoms with E-state index in [1.54, 1.807) is 12.4 Å². The van der Waals surface area contributed by atoms with Crippen LogP contribution in [0.4, 0.5) is 11.6 Å². The van der Waals surface area contributed by atoms with Gasteiger partial charge in [-0.15, -0.1) is 10.2 Å². The van der Waals surface area contributed by atoms with E-state index in [0.29, 0.717) is 21.7 Å². The minimum absolute atomic E-state index is 0.544. The first-order valence-electron chi connectivity index (χ1n) is 9.04. The van der Waals surface area contributed by atoms with Crippen LogP contribution in [0.3, 0.4) is 0 Å². The van der Waals surface area contributed by atoms with E-state index >= 15 is 0 Å². The molecule has 30 heavy (non-hydrogen) atoms. The molecule has 0 aliphatic rings. The van der Waals surface area contributed by atoms with Crippen molar-refractivity contribution in [2.75, 3.05) is 10.9 Å². The number of hydrazone groups is 2. The minimum Gasteiger partial charge on any atom is -0.259 e. The lowest BCUT2D eigenvalue weighted by Gasteiger charge is -2.08. The first-order chi connectivity index (χ1) is 14.7. The molecule has 4 aromatic rings. The van der Waals surface area contributed by atoms with Crippen molar-refractivity contribution in [3.63, 3.8) is 0 Å². The molecule has 148 valence electrons. The van der Waals surface area contributed by atoms with Gasteiger partial charge in [0.15, 0.2) is 11.6 Å². The van der Waals surface area contributed by atoms with Crippen molar-refractivity contribution in [2.24, 2.45) is 10.2 Å². The van der Waals surface area contributed by atoms with Gasteiger partial charge in [-0.2, -0.15) is 10.2 Å². The Balaban J connectivity index is 1.52. The van der Waals surface area contributed by atoms with Crippen molar-refractivity contribution in [3.05, 3.63) is 94.0 Å². The Hall–Kier alpha value is -3.48. The lowest BCUT2D eigenvalue weighted by molar-refractivity contribution is 1.03. The monoisotopic (exact) mass is 434 g/mol. The van der Waals surface area contributed by atoms with Crippen LogP contribution in [0.25, 0.3) is 10.8 Å². The molecule has 3 aromatic carbocycles. The van der Waals surface area contributed by atoms with Gasteiger partial charge in [-0.1, -0.05) is 71.7 Å². The van der Waals surface area contributed by atoms with Crippen LogP contribution in [0, 0.1) is 0 Å². The van der Waals surface area contributed by atoms with Crippen molar-refractivity contribution >= 4 is 58.0 Å². The van der Waals surface area contributed by atoms with Crippen molar-refractivity contribution in [1.29, 1.82) is 0 Å². The van der Waals surface area contributed by atoms with E-state index in [2.05, 4.69) is 31.3 Å². The molecule has 6 nitrogen and oxygen atoms in total. The minimum atomic E-state index is 0.544. The van der Waals surface area contributed by atoms with E-state index < -0.39 is 0 Å². The number of hydrogen-bond donors (Lipinski definition) is 2. The summed E-state index contributed by atoms with van der Waals surface area (Å²) in [5.41, 5.74) is 7.73.